The Labute approximate surface area is 271 Å². The van der Waals surface area contributed by atoms with Crippen molar-refractivity contribution in [1.29, 1.82) is 0 Å². The second-order valence-corrected chi connectivity index (χ2v) is 3.06. The molecule has 0 aliphatic heterocycles. The number of rotatable bonds is 6. The van der Waals surface area contributed by atoms with Crippen LogP contribution in [0.2, 0.25) is 0 Å². The van der Waals surface area contributed by atoms with Gasteiger partial charge in [0.2, 0.25) is 0 Å². The summed E-state index contributed by atoms with van der Waals surface area (Å²) in [5.74, 6) is -8.23. The monoisotopic (exact) mass is 670 g/mol. The Hall–Kier alpha value is 2.51. The van der Waals surface area contributed by atoms with Crippen molar-refractivity contribution in [3.8, 4) is 0 Å². The average molecular weight is 672 g/mol. The fourth-order valence-electron chi connectivity index (χ4n) is 0.516. The van der Waals surface area contributed by atoms with Crippen LogP contribution in [-0.2, 0) is 19.2 Å². The van der Waals surface area contributed by atoms with Gasteiger partial charge < -0.3 is 76.5 Å². The zero-order chi connectivity index (χ0) is 16.6. The second kappa shape index (κ2) is 30.7. The molecule has 0 aromatic carbocycles. The van der Waals surface area contributed by atoms with Gasteiger partial charge in [0.1, 0.15) is 24.4 Å². The van der Waals surface area contributed by atoms with Gasteiger partial charge in [0.15, 0.2) is 0 Å². The Morgan fingerprint density at radius 2 is 0.556 bits per heavy atom. The number of hydrogen-bond donors (Lipinski definition) is 4. The molecule has 0 spiro atoms. The molecule has 0 aliphatic rings. The van der Waals surface area contributed by atoms with Gasteiger partial charge in [0.25, 0.3) is 0 Å². The van der Waals surface area contributed by atoms with Crippen LogP contribution in [0.4, 0.5) is 0 Å². The van der Waals surface area contributed by atoms with Crippen LogP contribution in [0.3, 0.4) is 0 Å². The summed E-state index contributed by atoms with van der Waals surface area (Å²) < 4.78 is 0. The first kappa shape index (κ1) is 57.0. The van der Waals surface area contributed by atoms with Gasteiger partial charge in [-0.1, -0.05) is 0 Å². The van der Waals surface area contributed by atoms with E-state index in [-0.39, 0.29) is 168 Å². The zero-order valence-corrected chi connectivity index (χ0v) is 25.1. The van der Waals surface area contributed by atoms with Gasteiger partial charge in [0.05, 0.1) is 23.9 Å². The normalized spacial score (nSPS) is 11.7. The molecule has 0 amide bonds. The summed E-state index contributed by atoms with van der Waals surface area (Å²) in [6, 6.07) is 0. The van der Waals surface area contributed by atoms with Crippen LogP contribution >= 0.6 is 0 Å². The van der Waals surface area contributed by atoms with E-state index in [0.29, 0.717) is 0 Å². The Kier molecular flexibility index (Phi) is 64.8. The fourth-order valence-corrected chi connectivity index (χ4v) is 0.516. The maximum absolute atomic E-state index is 9.63. The molecule has 0 saturated carbocycles. The molecule has 0 heterocycles. The molecule has 0 rings (SSSR count). The van der Waals surface area contributed by atoms with Crippen LogP contribution in [0, 0.1) is 0 Å². The summed E-state index contributed by atoms with van der Waals surface area (Å²) in [6.07, 6.45) is -9.76. The van der Waals surface area contributed by atoms with Gasteiger partial charge in [-0.3, -0.25) is 0 Å². The van der Waals surface area contributed by atoms with Gasteiger partial charge in [-0.05, 0) is 0 Å². The Morgan fingerprint density at radius 3 is 0.593 bits per heavy atom. The van der Waals surface area contributed by atoms with Crippen LogP contribution in [0.1, 0.15) is 0 Å². The van der Waals surface area contributed by atoms with Crippen LogP contribution in [0.15, 0.2) is 0 Å². The summed E-state index contributed by atoms with van der Waals surface area (Å²) >= 11 is 0. The Morgan fingerprint density at radius 1 is 0.481 bits per heavy atom. The SMILES string of the molecule is O.O.O.O=C([O-])C(O)C(O)C(=O)[O-].O=C([O-])C(O)C(O)C(=O)[O-].[K+].[K+].[Sb].[Sb]. The molecule has 0 aromatic heterocycles. The third kappa shape index (κ3) is 28.5. The number of aliphatic hydroxyl groups is 4. The molecule has 15 nitrogen and oxygen atoms in total. The molecule has 0 aliphatic carbocycles. The molecule has 4 atom stereocenters. The average Bonchev–Trinajstić information content (AvgIpc) is 2.35. The summed E-state index contributed by atoms with van der Waals surface area (Å²) in [7, 11) is 0. The minimum absolute atomic E-state index is 0. The van der Waals surface area contributed by atoms with E-state index in [4.69, 9.17) is 20.4 Å². The summed E-state index contributed by atoms with van der Waals surface area (Å²) in [6.45, 7) is 0. The molecule has 0 saturated heterocycles. The smallest absolute Gasteiger partial charge is 0.547 e. The zero-order valence-electron chi connectivity index (χ0n) is 13.8. The molecular formula is C8H14K2O15Sb2-2. The molecule has 19 heteroatoms. The van der Waals surface area contributed by atoms with Crippen LogP contribution in [0.25, 0.3) is 0 Å². The molecule has 150 valence electrons. The predicted molar refractivity (Wildman–Crippen MR) is 66.4 cm³/mol. The number of carboxylic acids is 4. The van der Waals surface area contributed by atoms with E-state index in [9.17, 15) is 39.6 Å². The van der Waals surface area contributed by atoms with Crippen molar-refractivity contribution in [2.24, 2.45) is 0 Å². The number of aliphatic hydroxyl groups excluding tert-OH is 4. The number of carbonyl (C=O) groups is 4. The van der Waals surface area contributed by atoms with Crippen molar-refractivity contribution < 1.29 is 179 Å². The first-order valence-corrected chi connectivity index (χ1v) is 4.49. The van der Waals surface area contributed by atoms with E-state index < -0.39 is 48.3 Å². The van der Waals surface area contributed by atoms with Crippen molar-refractivity contribution >= 4 is 72.7 Å². The van der Waals surface area contributed by atoms with Crippen molar-refractivity contribution in [3.05, 3.63) is 0 Å². The predicted octanol–water partition coefficient (Wildman–Crippen LogP) is -18.8. The number of carbonyl (C=O) groups excluding carboxylic acids is 4. The van der Waals surface area contributed by atoms with Gasteiger partial charge in [0, 0.05) is 48.9 Å². The second-order valence-electron chi connectivity index (χ2n) is 3.06. The Balaban J connectivity index is -0.0000000272. The van der Waals surface area contributed by atoms with Gasteiger partial charge >= 0.3 is 103 Å². The van der Waals surface area contributed by atoms with E-state index in [1.165, 1.54) is 0 Å². The standard InChI is InChI=1S/2C4H6O6.2K.3H2O.2Sb/c2*5-1(3(7)8)2(6)4(9)10;;;;;;;/h2*1-2,5-6H,(H,7,8)(H,9,10);;;3*1H2;;/q;;2*+1;;;;;/p-4. The molecule has 0 bridgehead atoms. The summed E-state index contributed by atoms with van der Waals surface area (Å²) in [5, 5.41) is 71.5. The molecule has 0 aromatic rings. The third-order valence-corrected chi connectivity index (χ3v) is 1.56. The number of carboxylic acid groups (broad SMARTS) is 4. The topological polar surface area (TPSA) is 336 Å². The maximum atomic E-state index is 9.63. The van der Waals surface area contributed by atoms with Crippen molar-refractivity contribution in [2.45, 2.75) is 24.4 Å². The van der Waals surface area contributed by atoms with Crippen LogP contribution in [-0.4, -0.2) is 134 Å². The quantitative estimate of drug-likeness (QED) is 0.191. The van der Waals surface area contributed by atoms with Gasteiger partial charge in [-0.25, -0.2) is 0 Å². The third-order valence-electron chi connectivity index (χ3n) is 1.56. The maximum Gasteiger partial charge on any atom is 1.00 e. The summed E-state index contributed by atoms with van der Waals surface area (Å²) in [5.41, 5.74) is 0. The number of hydrogen-bond acceptors (Lipinski definition) is 12. The summed E-state index contributed by atoms with van der Waals surface area (Å²) in [4.78, 5) is 38.5. The molecular weight excluding hydrogens is 658 g/mol. The van der Waals surface area contributed by atoms with Crippen molar-refractivity contribution in [1.82, 2.24) is 0 Å². The van der Waals surface area contributed by atoms with Crippen LogP contribution < -0.4 is 123 Å². The van der Waals surface area contributed by atoms with E-state index in [0.717, 1.165) is 0 Å². The largest absolute Gasteiger partial charge is 1.00 e. The first-order chi connectivity index (χ1) is 8.93. The fraction of sp³-hybridized carbons (Fsp3) is 0.500. The Bertz CT molecular complexity index is 326. The van der Waals surface area contributed by atoms with Crippen molar-refractivity contribution in [2.75, 3.05) is 0 Å². The van der Waals surface area contributed by atoms with E-state index in [2.05, 4.69) is 0 Å². The molecule has 10 N–H and O–H groups in total. The van der Waals surface area contributed by atoms with E-state index in [1.807, 2.05) is 0 Å². The van der Waals surface area contributed by atoms with Gasteiger partial charge in [-0.2, -0.15) is 0 Å². The van der Waals surface area contributed by atoms with Gasteiger partial charge in [-0.15, -0.1) is 0 Å². The molecule has 27 heavy (non-hydrogen) atoms. The minimum atomic E-state index is -2.44. The molecule has 4 unspecified atom stereocenters. The molecule has 6 radical (unpaired) electrons. The number of aliphatic carboxylic acids is 4. The van der Waals surface area contributed by atoms with E-state index >= 15 is 0 Å². The van der Waals surface area contributed by atoms with Crippen molar-refractivity contribution in [3.63, 3.8) is 0 Å². The first-order valence-electron chi connectivity index (χ1n) is 4.49. The van der Waals surface area contributed by atoms with E-state index in [1.54, 1.807) is 0 Å². The minimum Gasteiger partial charge on any atom is -0.547 e. The molecule has 0 fully saturated rings. The van der Waals surface area contributed by atoms with Crippen LogP contribution in [0.5, 0.6) is 0 Å².